The molecule has 1 amide bonds. The smallest absolute Gasteiger partial charge is 0.259 e. The third-order valence-electron chi connectivity index (χ3n) is 6.98. The molecular formula is C29H36N2O2P+. The molecule has 0 saturated carbocycles. The lowest BCUT2D eigenvalue weighted by Crippen LogP contribution is -2.63. The zero-order chi connectivity index (χ0) is 24.4. The van der Waals surface area contributed by atoms with Crippen molar-refractivity contribution in [2.45, 2.75) is 57.7 Å². The van der Waals surface area contributed by atoms with Gasteiger partial charge >= 0.3 is 0 Å². The molecule has 0 unspecified atom stereocenters. The summed E-state index contributed by atoms with van der Waals surface area (Å²) in [5, 5.41) is 19.1. The van der Waals surface area contributed by atoms with Crippen molar-refractivity contribution in [1.29, 1.82) is 0 Å². The molecule has 1 saturated heterocycles. The molecule has 1 aliphatic rings. The molecule has 0 aliphatic carbocycles. The van der Waals surface area contributed by atoms with Gasteiger partial charge in [-0.3, -0.25) is 4.79 Å². The third kappa shape index (κ3) is 4.81. The average molecular weight is 476 g/mol. The summed E-state index contributed by atoms with van der Waals surface area (Å²) in [6.07, 6.45) is 1.81. The molecule has 1 heterocycles. The van der Waals surface area contributed by atoms with Gasteiger partial charge < -0.3 is 10.5 Å². The topological polar surface area (TPSA) is 52.6 Å². The quantitative estimate of drug-likeness (QED) is 0.516. The Morgan fingerprint density at radius 3 is 1.50 bits per heavy atom. The second-order valence-electron chi connectivity index (χ2n) is 10.6. The van der Waals surface area contributed by atoms with Crippen LogP contribution < -0.4 is 21.2 Å². The molecule has 4 rings (SSSR count). The predicted octanol–water partition coefficient (Wildman–Crippen LogP) is 4.51. The number of hydrogen-bond donors (Lipinski definition) is 2. The van der Waals surface area contributed by atoms with Crippen LogP contribution in [-0.2, 0) is 4.79 Å². The Morgan fingerprint density at radius 2 is 1.15 bits per heavy atom. The summed E-state index contributed by atoms with van der Waals surface area (Å²) in [7, 11) is -2.23. The van der Waals surface area contributed by atoms with Crippen molar-refractivity contribution in [3.05, 3.63) is 91.0 Å². The Labute approximate surface area is 204 Å². The number of amides is 1. The van der Waals surface area contributed by atoms with Crippen LogP contribution in [0.4, 0.5) is 0 Å². The van der Waals surface area contributed by atoms with Crippen LogP contribution in [0.15, 0.2) is 91.0 Å². The zero-order valence-electron chi connectivity index (χ0n) is 20.6. The summed E-state index contributed by atoms with van der Waals surface area (Å²) >= 11 is 0. The van der Waals surface area contributed by atoms with Gasteiger partial charge in [0.25, 0.3) is 5.91 Å². The number of nitrogens with one attached hydrogen (secondary N) is 1. The minimum absolute atomic E-state index is 0.00474. The fourth-order valence-electron chi connectivity index (χ4n) is 5.63. The fourth-order valence-corrected chi connectivity index (χ4v) is 9.64. The Kier molecular flexibility index (Phi) is 6.96. The fraction of sp³-hybridized carbons (Fsp3) is 0.345. The summed E-state index contributed by atoms with van der Waals surface area (Å²) in [4.78, 5) is 13.8. The zero-order valence-corrected chi connectivity index (χ0v) is 21.5. The molecular weight excluding hydrogens is 439 g/mol. The van der Waals surface area contributed by atoms with E-state index in [1.807, 2.05) is 45.9 Å². The molecule has 34 heavy (non-hydrogen) atoms. The summed E-state index contributed by atoms with van der Waals surface area (Å²) in [6, 6.07) is 31.5. The van der Waals surface area contributed by atoms with Crippen LogP contribution in [0.2, 0.25) is 0 Å². The van der Waals surface area contributed by atoms with Gasteiger partial charge in [-0.2, -0.15) is 5.06 Å². The number of nitrogens with zero attached hydrogens (tertiary/aromatic N) is 1. The van der Waals surface area contributed by atoms with Gasteiger partial charge in [-0.25, -0.2) is 0 Å². The van der Waals surface area contributed by atoms with Gasteiger partial charge in [0.05, 0.1) is 0 Å². The summed E-state index contributed by atoms with van der Waals surface area (Å²) in [5.41, 5.74) is -0.825. The summed E-state index contributed by atoms with van der Waals surface area (Å²) in [6.45, 7) is 8.12. The Morgan fingerprint density at radius 1 is 0.794 bits per heavy atom. The number of rotatable bonds is 6. The van der Waals surface area contributed by atoms with Crippen LogP contribution in [0.25, 0.3) is 0 Å². The van der Waals surface area contributed by atoms with E-state index in [1.165, 1.54) is 21.0 Å². The number of carbonyl (C=O) groups excluding carboxylic acids is 1. The van der Waals surface area contributed by atoms with E-state index in [4.69, 9.17) is 0 Å². The van der Waals surface area contributed by atoms with E-state index in [-0.39, 0.29) is 11.9 Å². The first-order chi connectivity index (χ1) is 16.1. The molecule has 0 spiro atoms. The van der Waals surface area contributed by atoms with Gasteiger partial charge in [0.15, 0.2) is 6.16 Å². The van der Waals surface area contributed by atoms with Crippen LogP contribution in [0.5, 0.6) is 0 Å². The minimum atomic E-state index is -2.23. The molecule has 1 aliphatic heterocycles. The maximum absolute atomic E-state index is 13.8. The molecule has 3 aromatic carbocycles. The molecule has 1 fully saturated rings. The molecule has 0 atom stereocenters. The highest BCUT2D eigenvalue weighted by Crippen LogP contribution is 2.55. The Balaban J connectivity index is 1.73. The van der Waals surface area contributed by atoms with E-state index >= 15 is 0 Å². The monoisotopic (exact) mass is 475 g/mol. The molecule has 4 nitrogen and oxygen atoms in total. The molecule has 0 aromatic heterocycles. The van der Waals surface area contributed by atoms with Crippen molar-refractivity contribution in [2.24, 2.45) is 0 Å². The maximum atomic E-state index is 13.8. The van der Waals surface area contributed by atoms with Gasteiger partial charge in [0, 0.05) is 17.1 Å². The summed E-state index contributed by atoms with van der Waals surface area (Å²) in [5.74, 6) is 0.0629. The predicted molar refractivity (Wildman–Crippen MR) is 143 cm³/mol. The van der Waals surface area contributed by atoms with E-state index in [9.17, 15) is 10.0 Å². The number of piperidine rings is 1. The SMILES string of the molecule is CC1(C)CC(NC(=O)C[P+](c2ccccc2)(c2ccccc2)c2ccccc2)CC(C)(C)N1O. The number of carbonyl (C=O) groups is 1. The highest BCUT2D eigenvalue weighted by Gasteiger charge is 2.49. The summed E-state index contributed by atoms with van der Waals surface area (Å²) < 4.78 is 0. The molecule has 2 N–H and O–H groups in total. The van der Waals surface area contributed by atoms with Gasteiger partial charge in [0.1, 0.15) is 23.2 Å². The van der Waals surface area contributed by atoms with E-state index < -0.39 is 18.3 Å². The van der Waals surface area contributed by atoms with Gasteiger partial charge in [-0.05, 0) is 76.9 Å². The van der Waals surface area contributed by atoms with Crippen LogP contribution in [0.3, 0.4) is 0 Å². The molecule has 0 bridgehead atoms. The second-order valence-corrected chi connectivity index (χ2v) is 14.1. The van der Waals surface area contributed by atoms with Crippen molar-refractivity contribution in [3.63, 3.8) is 0 Å². The standard InChI is InChI=1S/C29H35N2O2P/c1-28(2)20-23(21-29(3,4)31(28)33)30-27(32)22-34(24-14-8-5-9-15-24,25-16-10-6-11-17-25)26-18-12-7-13-19-26/h5-19,23,33H,20-22H2,1-4H3/p+1. The van der Waals surface area contributed by atoms with Crippen LogP contribution >= 0.6 is 7.26 Å². The van der Waals surface area contributed by atoms with Crippen LogP contribution in [-0.4, -0.2) is 39.5 Å². The second kappa shape index (κ2) is 9.62. The van der Waals surface area contributed by atoms with Gasteiger partial charge in [-0.1, -0.05) is 54.6 Å². The molecule has 3 aromatic rings. The lowest BCUT2D eigenvalue weighted by Gasteiger charge is -2.51. The molecule has 178 valence electrons. The van der Waals surface area contributed by atoms with E-state index in [0.717, 1.165) is 0 Å². The molecule has 5 heteroatoms. The van der Waals surface area contributed by atoms with Crippen molar-refractivity contribution >= 4 is 29.1 Å². The lowest BCUT2D eigenvalue weighted by molar-refractivity contribution is -0.246. The largest absolute Gasteiger partial charge is 0.350 e. The van der Waals surface area contributed by atoms with Crippen LogP contribution in [0.1, 0.15) is 40.5 Å². The van der Waals surface area contributed by atoms with E-state index in [1.54, 1.807) is 0 Å². The average Bonchev–Trinajstić information content (AvgIpc) is 2.82. The number of hydroxylamine groups is 2. The van der Waals surface area contributed by atoms with E-state index in [2.05, 4.69) is 78.1 Å². The Bertz CT molecular complexity index is 986. The highest BCUT2D eigenvalue weighted by atomic mass is 31.2. The lowest BCUT2D eigenvalue weighted by atomic mass is 9.79. The van der Waals surface area contributed by atoms with Gasteiger partial charge in [0.2, 0.25) is 0 Å². The van der Waals surface area contributed by atoms with Crippen molar-refractivity contribution < 1.29 is 10.0 Å². The first kappa shape index (κ1) is 24.6. The number of hydrogen-bond acceptors (Lipinski definition) is 3. The van der Waals surface area contributed by atoms with Crippen molar-refractivity contribution in [1.82, 2.24) is 10.4 Å². The number of benzene rings is 3. The third-order valence-corrected chi connectivity index (χ3v) is 11.3. The van der Waals surface area contributed by atoms with Crippen molar-refractivity contribution in [2.75, 3.05) is 6.16 Å². The van der Waals surface area contributed by atoms with Crippen molar-refractivity contribution in [3.8, 4) is 0 Å². The first-order valence-corrected chi connectivity index (χ1v) is 14.0. The first-order valence-electron chi connectivity index (χ1n) is 12.0. The van der Waals surface area contributed by atoms with Gasteiger partial charge in [-0.15, -0.1) is 0 Å². The minimum Gasteiger partial charge on any atom is -0.350 e. The molecule has 0 radical (unpaired) electrons. The maximum Gasteiger partial charge on any atom is 0.259 e. The highest BCUT2D eigenvalue weighted by molar-refractivity contribution is 7.96. The van der Waals surface area contributed by atoms with E-state index in [0.29, 0.717) is 19.0 Å². The Hall–Kier alpha value is -2.52. The van der Waals surface area contributed by atoms with Crippen LogP contribution in [0, 0.1) is 0 Å². The normalized spacial score (nSPS) is 18.4.